The second-order valence-corrected chi connectivity index (χ2v) is 6.79. The van der Waals surface area contributed by atoms with E-state index in [-0.39, 0.29) is 32.3 Å². The van der Waals surface area contributed by atoms with E-state index in [2.05, 4.69) is 0 Å². The van der Waals surface area contributed by atoms with Crippen molar-refractivity contribution >= 4 is 11.7 Å². The van der Waals surface area contributed by atoms with E-state index in [1.165, 1.54) is 0 Å². The summed E-state index contributed by atoms with van der Waals surface area (Å²) in [5.41, 5.74) is -3.29. The van der Waals surface area contributed by atoms with Crippen molar-refractivity contribution in [2.45, 2.75) is 19.0 Å². The van der Waals surface area contributed by atoms with Gasteiger partial charge in [0.25, 0.3) is 0 Å². The van der Waals surface area contributed by atoms with Crippen LogP contribution in [0, 0.1) is 0 Å². The van der Waals surface area contributed by atoms with Crippen LogP contribution in [0.1, 0.15) is 16.7 Å². The van der Waals surface area contributed by atoms with Gasteiger partial charge in [-0.1, -0.05) is 30.3 Å². The molecule has 168 valence electrons. The van der Waals surface area contributed by atoms with Crippen molar-refractivity contribution in [2.24, 2.45) is 0 Å². The van der Waals surface area contributed by atoms with Crippen LogP contribution in [0.3, 0.4) is 0 Å². The number of nitrogens with zero attached hydrogens (tertiary/aromatic N) is 2. The molecule has 1 aliphatic heterocycles. The highest BCUT2D eigenvalue weighted by Gasteiger charge is 2.43. The molecule has 0 spiro atoms. The number of halogens is 6. The molecule has 0 aliphatic carbocycles. The number of carbonyl (C=O) groups is 1. The minimum Gasteiger partial charge on any atom is -0.486 e. The Kier molecular flexibility index (Phi) is 6.35. The zero-order chi connectivity index (χ0) is 22.8. The first-order valence-corrected chi connectivity index (χ1v) is 9.19. The number of alkyl halides is 6. The van der Waals surface area contributed by atoms with Crippen LogP contribution in [-0.2, 0) is 19.0 Å². The molecule has 0 aromatic heterocycles. The number of urea groups is 1. The highest BCUT2D eigenvalue weighted by molar-refractivity contribution is 5.96. The smallest absolute Gasteiger partial charge is 0.420 e. The molecule has 1 N–H and O–H groups in total. The van der Waals surface area contributed by atoms with Gasteiger partial charge in [0.1, 0.15) is 12.2 Å². The summed E-state index contributed by atoms with van der Waals surface area (Å²) >= 11 is 0. The lowest BCUT2D eigenvalue weighted by atomic mass is 10.1. The van der Waals surface area contributed by atoms with Gasteiger partial charge >= 0.3 is 18.4 Å². The maximum absolute atomic E-state index is 13.7. The number of rotatable bonds is 6. The van der Waals surface area contributed by atoms with E-state index in [0.717, 1.165) is 9.80 Å². The minimum atomic E-state index is -5.16. The molecular weight excluding hydrogens is 430 g/mol. The van der Waals surface area contributed by atoms with Gasteiger partial charge in [-0.2, -0.15) is 26.3 Å². The molecule has 31 heavy (non-hydrogen) atoms. The van der Waals surface area contributed by atoms with E-state index in [1.54, 1.807) is 30.3 Å². The Balaban J connectivity index is 2.12. The Morgan fingerprint density at radius 2 is 1.65 bits per heavy atom. The molecule has 1 fully saturated rings. The van der Waals surface area contributed by atoms with Crippen LogP contribution in [0.25, 0.3) is 0 Å². The van der Waals surface area contributed by atoms with Gasteiger partial charge in [0.05, 0.1) is 17.9 Å². The van der Waals surface area contributed by atoms with Crippen molar-refractivity contribution in [3.63, 3.8) is 0 Å². The molecule has 3 rings (SSSR count). The van der Waals surface area contributed by atoms with Gasteiger partial charge in [-0.05, 0) is 17.7 Å². The van der Waals surface area contributed by atoms with Crippen LogP contribution < -0.4 is 9.64 Å². The van der Waals surface area contributed by atoms with Crippen LogP contribution >= 0.6 is 0 Å². The first kappa shape index (κ1) is 22.7. The SMILES string of the molecule is O=C1N(CCO)CCN1c1cc(C(F)(F)F)cc(C(F)(F)F)c1OCc1ccccc1. The quantitative estimate of drug-likeness (QED) is 0.661. The normalized spacial score (nSPS) is 15.0. The summed E-state index contributed by atoms with van der Waals surface area (Å²) in [4.78, 5) is 14.5. The molecular formula is C20H18F6N2O3. The third kappa shape index (κ3) is 5.04. The topological polar surface area (TPSA) is 53.0 Å². The summed E-state index contributed by atoms with van der Waals surface area (Å²) in [5, 5.41) is 9.03. The highest BCUT2D eigenvalue weighted by atomic mass is 19.4. The van der Waals surface area contributed by atoms with Gasteiger partial charge in [-0.25, -0.2) is 4.79 Å². The van der Waals surface area contributed by atoms with E-state index < -0.39 is 47.6 Å². The Morgan fingerprint density at radius 3 is 2.23 bits per heavy atom. The van der Waals surface area contributed by atoms with Crippen molar-refractivity contribution in [3.05, 3.63) is 59.2 Å². The van der Waals surface area contributed by atoms with Crippen LogP contribution in [0.2, 0.25) is 0 Å². The predicted octanol–water partition coefficient (Wildman–Crippen LogP) is 4.54. The Hall–Kier alpha value is -2.95. The van der Waals surface area contributed by atoms with Gasteiger partial charge in [0.2, 0.25) is 0 Å². The first-order valence-electron chi connectivity index (χ1n) is 9.19. The minimum absolute atomic E-state index is 0.0180. The summed E-state index contributed by atoms with van der Waals surface area (Å²) in [7, 11) is 0. The largest absolute Gasteiger partial charge is 0.486 e. The molecule has 0 bridgehead atoms. The first-order chi connectivity index (χ1) is 14.5. The van der Waals surface area contributed by atoms with Crippen molar-refractivity contribution in [2.75, 3.05) is 31.1 Å². The van der Waals surface area contributed by atoms with E-state index >= 15 is 0 Å². The molecule has 2 aromatic rings. The number of benzene rings is 2. The molecule has 5 nitrogen and oxygen atoms in total. The Bertz CT molecular complexity index is 931. The van der Waals surface area contributed by atoms with Gasteiger partial charge < -0.3 is 14.7 Å². The summed E-state index contributed by atoms with van der Waals surface area (Å²) in [6, 6.07) is 7.77. The molecule has 2 amide bonds. The predicted molar refractivity (Wildman–Crippen MR) is 98.6 cm³/mol. The van der Waals surface area contributed by atoms with Crippen LogP contribution in [0.4, 0.5) is 36.8 Å². The number of hydrogen-bond donors (Lipinski definition) is 1. The van der Waals surface area contributed by atoms with Gasteiger partial charge in [0.15, 0.2) is 5.75 Å². The second kappa shape index (κ2) is 8.66. The average molecular weight is 448 g/mol. The lowest BCUT2D eigenvalue weighted by Gasteiger charge is -2.25. The zero-order valence-electron chi connectivity index (χ0n) is 16.0. The number of aliphatic hydroxyl groups is 1. The molecule has 11 heteroatoms. The number of β-amino-alcohol motifs (C(OH)–C–C–N with tert-alkyl or cyclic N) is 1. The van der Waals surface area contributed by atoms with Crippen molar-refractivity contribution in [1.29, 1.82) is 0 Å². The standard InChI is InChI=1S/C20H18F6N2O3/c21-19(22,23)14-10-15(20(24,25)26)17(31-12-13-4-2-1-3-5-13)16(11-14)28-7-6-27(8-9-29)18(28)30/h1-5,10-11,29H,6-9,12H2. The molecule has 0 unspecified atom stereocenters. The van der Waals surface area contributed by atoms with Gasteiger partial charge in [-0.15, -0.1) is 0 Å². The molecule has 0 atom stereocenters. The molecule has 2 aromatic carbocycles. The Labute approximate surface area is 173 Å². The summed E-state index contributed by atoms with van der Waals surface area (Å²) in [6.07, 6.45) is -10.2. The lowest BCUT2D eigenvalue weighted by Crippen LogP contribution is -2.34. The molecule has 0 saturated carbocycles. The summed E-state index contributed by atoms with van der Waals surface area (Å²) < 4.78 is 86.5. The number of amides is 2. The fraction of sp³-hybridized carbons (Fsp3) is 0.350. The third-order valence-corrected chi connectivity index (χ3v) is 4.68. The molecule has 1 heterocycles. The lowest BCUT2D eigenvalue weighted by molar-refractivity contribution is -0.143. The Morgan fingerprint density at radius 1 is 0.968 bits per heavy atom. The third-order valence-electron chi connectivity index (χ3n) is 4.68. The van der Waals surface area contributed by atoms with Crippen molar-refractivity contribution in [3.8, 4) is 5.75 Å². The number of carbonyl (C=O) groups excluding carboxylic acids is 1. The zero-order valence-corrected chi connectivity index (χ0v) is 16.0. The van der Waals surface area contributed by atoms with E-state index in [9.17, 15) is 31.1 Å². The molecule has 0 radical (unpaired) electrons. The monoisotopic (exact) mass is 448 g/mol. The van der Waals surface area contributed by atoms with Gasteiger partial charge in [-0.3, -0.25) is 4.90 Å². The van der Waals surface area contributed by atoms with Crippen molar-refractivity contribution < 1.29 is 41.0 Å². The summed E-state index contributed by atoms with van der Waals surface area (Å²) in [6.45, 7) is -0.952. The number of ether oxygens (including phenoxy) is 1. The van der Waals surface area contributed by atoms with Crippen LogP contribution in [-0.4, -0.2) is 42.3 Å². The number of anilines is 1. The molecule has 1 saturated heterocycles. The maximum Gasteiger partial charge on any atom is 0.420 e. The fourth-order valence-corrected chi connectivity index (χ4v) is 3.20. The number of hydrogen-bond acceptors (Lipinski definition) is 3. The van der Waals surface area contributed by atoms with Crippen molar-refractivity contribution in [1.82, 2.24) is 4.90 Å². The number of aliphatic hydroxyl groups excluding tert-OH is 1. The van der Waals surface area contributed by atoms with Gasteiger partial charge in [0, 0.05) is 19.6 Å². The summed E-state index contributed by atoms with van der Waals surface area (Å²) in [5.74, 6) is -0.858. The highest BCUT2D eigenvalue weighted by Crippen LogP contribution is 2.46. The second-order valence-electron chi connectivity index (χ2n) is 6.79. The maximum atomic E-state index is 13.7. The van der Waals surface area contributed by atoms with E-state index in [4.69, 9.17) is 9.84 Å². The fourth-order valence-electron chi connectivity index (χ4n) is 3.20. The average Bonchev–Trinajstić information content (AvgIpc) is 3.05. The van der Waals surface area contributed by atoms with Crippen LogP contribution in [0.5, 0.6) is 5.75 Å². The molecule has 1 aliphatic rings. The van der Waals surface area contributed by atoms with Crippen LogP contribution in [0.15, 0.2) is 42.5 Å². The van der Waals surface area contributed by atoms with E-state index in [1.807, 2.05) is 0 Å². The van der Waals surface area contributed by atoms with E-state index in [0.29, 0.717) is 11.6 Å².